The summed E-state index contributed by atoms with van der Waals surface area (Å²) in [5.74, 6) is 0.883. The molecule has 0 bridgehead atoms. The number of hydrogen-bond donors (Lipinski definition) is 1. The topological polar surface area (TPSA) is 32.8 Å². The van der Waals surface area contributed by atoms with E-state index in [0.717, 1.165) is 12.0 Å². The van der Waals surface area contributed by atoms with E-state index >= 15 is 0 Å². The molecule has 0 aromatic heterocycles. The Balaban J connectivity index is 2.06. The molecule has 0 spiro atoms. The molecular formula is C13H18O2. The maximum atomic E-state index is 9.71. The van der Waals surface area contributed by atoms with Crippen LogP contribution in [0.15, 0.2) is 18.2 Å². The van der Waals surface area contributed by atoms with Crippen LogP contribution in [0.2, 0.25) is 0 Å². The monoisotopic (exact) mass is 206 g/mol. The van der Waals surface area contributed by atoms with Gasteiger partial charge in [-0.3, -0.25) is 0 Å². The molecule has 1 N–H and O–H groups in total. The molecule has 1 saturated heterocycles. The molecule has 1 aliphatic heterocycles. The molecule has 1 heterocycles. The van der Waals surface area contributed by atoms with Gasteiger partial charge in [0.05, 0.1) is 12.2 Å². The number of hydrogen-bond acceptors (Lipinski definition) is 2. The van der Waals surface area contributed by atoms with Crippen LogP contribution < -0.4 is 0 Å². The fourth-order valence-electron chi connectivity index (χ4n) is 2.14. The Morgan fingerprint density at radius 2 is 2.13 bits per heavy atom. The zero-order chi connectivity index (χ0) is 11.0. The van der Waals surface area contributed by atoms with Gasteiger partial charge in [0.2, 0.25) is 0 Å². The number of phenolic OH excluding ortho intramolecular Hbond substituents is 1. The second-order valence-electron chi connectivity index (χ2n) is 4.62. The molecule has 1 fully saturated rings. The molecule has 2 rings (SSSR count). The van der Waals surface area contributed by atoms with Crippen molar-refractivity contribution >= 4 is 0 Å². The van der Waals surface area contributed by atoms with Crippen LogP contribution in [0.25, 0.3) is 0 Å². The normalized spacial score (nSPS) is 26.3. The lowest BCUT2D eigenvalue weighted by molar-refractivity contribution is 0.326. The lowest BCUT2D eigenvalue weighted by atomic mass is 9.95. The van der Waals surface area contributed by atoms with Crippen LogP contribution in [0.5, 0.6) is 5.75 Å². The van der Waals surface area contributed by atoms with Crippen molar-refractivity contribution in [2.45, 2.75) is 39.4 Å². The Labute approximate surface area is 90.9 Å². The molecule has 0 aliphatic carbocycles. The maximum Gasteiger partial charge on any atom is 0.118 e. The number of aryl methyl sites for hydroxylation is 1. The summed E-state index contributed by atoms with van der Waals surface area (Å²) in [6.45, 7) is 6.32. The minimum atomic E-state index is 0.380. The first-order valence-electron chi connectivity index (χ1n) is 5.52. The standard InChI is InChI=1S/C13H18O2/c1-8-4-5-12(14)11(6-8)7-9(2)13-10(3)15-13/h4-6,9-10,13-14H,7H2,1-3H3. The first-order valence-corrected chi connectivity index (χ1v) is 5.52. The van der Waals surface area contributed by atoms with Gasteiger partial charge in [-0.2, -0.15) is 0 Å². The molecule has 3 unspecified atom stereocenters. The first kappa shape index (κ1) is 10.5. The third-order valence-electron chi connectivity index (χ3n) is 3.10. The van der Waals surface area contributed by atoms with E-state index in [1.807, 2.05) is 13.0 Å². The molecule has 0 amide bonds. The van der Waals surface area contributed by atoms with Crippen molar-refractivity contribution in [3.05, 3.63) is 29.3 Å². The third-order valence-corrected chi connectivity index (χ3v) is 3.10. The summed E-state index contributed by atoms with van der Waals surface area (Å²) in [6.07, 6.45) is 1.67. The number of ether oxygens (including phenoxy) is 1. The molecule has 0 saturated carbocycles. The maximum absolute atomic E-state index is 9.71. The fourth-order valence-corrected chi connectivity index (χ4v) is 2.14. The van der Waals surface area contributed by atoms with Gasteiger partial charge in [-0.25, -0.2) is 0 Å². The number of aromatic hydroxyl groups is 1. The van der Waals surface area contributed by atoms with E-state index in [4.69, 9.17) is 4.74 Å². The summed E-state index contributed by atoms with van der Waals surface area (Å²) >= 11 is 0. The summed E-state index contributed by atoms with van der Waals surface area (Å²) in [6, 6.07) is 5.76. The highest BCUT2D eigenvalue weighted by Crippen LogP contribution is 2.32. The Hall–Kier alpha value is -1.02. The van der Waals surface area contributed by atoms with Gasteiger partial charge < -0.3 is 9.84 Å². The SMILES string of the molecule is Cc1ccc(O)c(CC(C)C2OC2C)c1. The van der Waals surface area contributed by atoms with Crippen LogP contribution >= 0.6 is 0 Å². The quantitative estimate of drug-likeness (QED) is 0.771. The van der Waals surface area contributed by atoms with Crippen molar-refractivity contribution in [1.82, 2.24) is 0 Å². The molecule has 15 heavy (non-hydrogen) atoms. The molecule has 3 atom stereocenters. The first-order chi connectivity index (χ1) is 7.08. The van der Waals surface area contributed by atoms with E-state index in [1.54, 1.807) is 6.07 Å². The van der Waals surface area contributed by atoms with Gasteiger partial charge in [-0.1, -0.05) is 24.6 Å². The third kappa shape index (κ3) is 2.32. The van der Waals surface area contributed by atoms with E-state index in [9.17, 15) is 5.11 Å². The largest absolute Gasteiger partial charge is 0.508 e. The summed E-state index contributed by atoms with van der Waals surface area (Å²) in [7, 11) is 0. The minimum absolute atomic E-state index is 0.380. The van der Waals surface area contributed by atoms with E-state index in [2.05, 4.69) is 19.9 Å². The average Bonchev–Trinajstić information content (AvgIpc) is 2.89. The fraction of sp³-hybridized carbons (Fsp3) is 0.538. The Bertz CT molecular complexity index is 360. The summed E-state index contributed by atoms with van der Waals surface area (Å²) < 4.78 is 5.44. The van der Waals surface area contributed by atoms with Crippen LogP contribution in [-0.4, -0.2) is 17.3 Å². The van der Waals surface area contributed by atoms with Crippen molar-refractivity contribution < 1.29 is 9.84 Å². The second-order valence-corrected chi connectivity index (χ2v) is 4.62. The van der Waals surface area contributed by atoms with Crippen LogP contribution in [0, 0.1) is 12.8 Å². The average molecular weight is 206 g/mol. The van der Waals surface area contributed by atoms with Gasteiger partial charge in [0.15, 0.2) is 0 Å². The van der Waals surface area contributed by atoms with E-state index < -0.39 is 0 Å². The molecule has 1 aromatic carbocycles. The molecule has 0 radical (unpaired) electrons. The highest BCUT2D eigenvalue weighted by molar-refractivity contribution is 5.36. The summed E-state index contributed by atoms with van der Waals surface area (Å²) in [5, 5.41) is 9.71. The van der Waals surface area contributed by atoms with Gasteiger partial charge in [0.25, 0.3) is 0 Å². The van der Waals surface area contributed by atoms with Gasteiger partial charge in [0, 0.05) is 0 Å². The summed E-state index contributed by atoms with van der Waals surface area (Å²) in [4.78, 5) is 0. The van der Waals surface area contributed by atoms with Crippen molar-refractivity contribution in [2.75, 3.05) is 0 Å². The summed E-state index contributed by atoms with van der Waals surface area (Å²) in [5.41, 5.74) is 2.23. The smallest absolute Gasteiger partial charge is 0.118 e. The van der Waals surface area contributed by atoms with Gasteiger partial charge in [-0.05, 0) is 37.8 Å². The zero-order valence-corrected chi connectivity index (χ0v) is 9.53. The second kappa shape index (κ2) is 3.86. The highest BCUT2D eigenvalue weighted by atomic mass is 16.6. The van der Waals surface area contributed by atoms with E-state index in [-0.39, 0.29) is 0 Å². The Morgan fingerprint density at radius 3 is 2.73 bits per heavy atom. The van der Waals surface area contributed by atoms with Crippen molar-refractivity contribution in [3.63, 3.8) is 0 Å². The molecule has 2 nitrogen and oxygen atoms in total. The highest BCUT2D eigenvalue weighted by Gasteiger charge is 2.38. The molecule has 2 heteroatoms. The van der Waals surface area contributed by atoms with Crippen molar-refractivity contribution in [2.24, 2.45) is 5.92 Å². The predicted octanol–water partition coefficient (Wildman–Crippen LogP) is 2.67. The lowest BCUT2D eigenvalue weighted by Gasteiger charge is -2.10. The van der Waals surface area contributed by atoms with Gasteiger partial charge in [-0.15, -0.1) is 0 Å². The predicted molar refractivity (Wildman–Crippen MR) is 60.0 cm³/mol. The number of benzene rings is 1. The lowest BCUT2D eigenvalue weighted by Crippen LogP contribution is -2.09. The van der Waals surface area contributed by atoms with Crippen molar-refractivity contribution in [3.8, 4) is 5.75 Å². The minimum Gasteiger partial charge on any atom is -0.508 e. The van der Waals surface area contributed by atoms with Gasteiger partial charge in [0.1, 0.15) is 5.75 Å². The molecule has 82 valence electrons. The van der Waals surface area contributed by atoms with Gasteiger partial charge >= 0.3 is 0 Å². The van der Waals surface area contributed by atoms with Crippen molar-refractivity contribution in [1.29, 1.82) is 0 Å². The Morgan fingerprint density at radius 1 is 1.47 bits per heavy atom. The number of epoxide rings is 1. The molecule has 1 aliphatic rings. The Kier molecular flexibility index (Phi) is 2.70. The number of rotatable bonds is 3. The van der Waals surface area contributed by atoms with Crippen LogP contribution in [0.3, 0.4) is 0 Å². The van der Waals surface area contributed by atoms with Crippen LogP contribution in [0.4, 0.5) is 0 Å². The van der Waals surface area contributed by atoms with Crippen LogP contribution in [0.1, 0.15) is 25.0 Å². The van der Waals surface area contributed by atoms with Crippen LogP contribution in [-0.2, 0) is 11.2 Å². The van der Waals surface area contributed by atoms with E-state index in [0.29, 0.717) is 23.9 Å². The number of phenols is 1. The zero-order valence-electron chi connectivity index (χ0n) is 9.53. The molecular weight excluding hydrogens is 188 g/mol. The molecule has 1 aromatic rings. The van der Waals surface area contributed by atoms with E-state index in [1.165, 1.54) is 5.56 Å².